The van der Waals surface area contributed by atoms with Crippen molar-refractivity contribution in [1.82, 2.24) is 14.5 Å². The van der Waals surface area contributed by atoms with Gasteiger partial charge in [0.15, 0.2) is 0 Å². The number of hydrogen-bond acceptors (Lipinski definition) is 4. The zero-order valence-electron chi connectivity index (χ0n) is 12.7. The number of likely N-dealkylation sites (N-methyl/N-ethyl adjacent to an activating group) is 1. The molecule has 2 rings (SSSR count). The van der Waals surface area contributed by atoms with Crippen molar-refractivity contribution in [2.45, 2.75) is 12.6 Å². The third-order valence-electron chi connectivity index (χ3n) is 3.42. The van der Waals surface area contributed by atoms with Gasteiger partial charge in [-0.15, -0.1) is 0 Å². The number of carbonyl (C=O) groups is 1. The van der Waals surface area contributed by atoms with E-state index in [9.17, 15) is 9.59 Å². The Balaban J connectivity index is 2.16. The Morgan fingerprint density at radius 3 is 2.73 bits per heavy atom. The smallest absolute Gasteiger partial charge is 0.250 e. The van der Waals surface area contributed by atoms with Crippen LogP contribution < -0.4 is 5.56 Å². The topological polar surface area (TPSA) is 64.4 Å². The molecule has 22 heavy (non-hydrogen) atoms. The van der Waals surface area contributed by atoms with E-state index in [1.54, 1.807) is 43.6 Å². The highest BCUT2D eigenvalue weighted by molar-refractivity contribution is 5.76. The van der Waals surface area contributed by atoms with Crippen LogP contribution in [0.25, 0.3) is 0 Å². The summed E-state index contributed by atoms with van der Waals surface area (Å²) in [5.74, 6) is -0.180. The maximum absolute atomic E-state index is 12.4. The van der Waals surface area contributed by atoms with Gasteiger partial charge < -0.3 is 14.2 Å². The summed E-state index contributed by atoms with van der Waals surface area (Å²) in [5.41, 5.74) is 0.547. The molecule has 0 spiro atoms. The Kier molecular flexibility index (Phi) is 5.43. The van der Waals surface area contributed by atoms with Gasteiger partial charge in [0.2, 0.25) is 5.91 Å². The van der Waals surface area contributed by atoms with Crippen LogP contribution in [0.3, 0.4) is 0 Å². The molecule has 0 aliphatic heterocycles. The van der Waals surface area contributed by atoms with Crippen LogP contribution in [0.1, 0.15) is 11.7 Å². The third-order valence-corrected chi connectivity index (χ3v) is 3.42. The predicted octanol–water partition coefficient (Wildman–Crippen LogP) is 1.09. The molecule has 0 saturated carbocycles. The minimum absolute atomic E-state index is 0.0107. The fourth-order valence-corrected chi connectivity index (χ4v) is 2.15. The third kappa shape index (κ3) is 3.79. The average molecular weight is 301 g/mol. The molecule has 1 atom stereocenters. The van der Waals surface area contributed by atoms with E-state index < -0.39 is 0 Å². The first-order valence-electron chi connectivity index (χ1n) is 6.94. The van der Waals surface area contributed by atoms with E-state index in [1.807, 2.05) is 18.2 Å². The van der Waals surface area contributed by atoms with Gasteiger partial charge in [0.25, 0.3) is 5.56 Å². The van der Waals surface area contributed by atoms with Crippen LogP contribution in [0.4, 0.5) is 0 Å². The van der Waals surface area contributed by atoms with E-state index in [4.69, 9.17) is 4.74 Å². The van der Waals surface area contributed by atoms with Gasteiger partial charge in [-0.2, -0.15) is 0 Å². The molecular formula is C16H19N3O3. The first-order chi connectivity index (χ1) is 10.6. The predicted molar refractivity (Wildman–Crippen MR) is 82.3 cm³/mol. The number of hydrogen-bond donors (Lipinski definition) is 0. The molecule has 2 aromatic rings. The Morgan fingerprint density at radius 1 is 1.32 bits per heavy atom. The molecule has 116 valence electrons. The van der Waals surface area contributed by atoms with Gasteiger partial charge >= 0.3 is 0 Å². The van der Waals surface area contributed by atoms with Crippen LogP contribution in [0.5, 0.6) is 0 Å². The quantitative estimate of drug-likeness (QED) is 0.801. The van der Waals surface area contributed by atoms with Crippen molar-refractivity contribution < 1.29 is 9.53 Å². The van der Waals surface area contributed by atoms with Crippen LogP contribution >= 0.6 is 0 Å². The Bertz CT molecular complexity index is 670. The summed E-state index contributed by atoms with van der Waals surface area (Å²) >= 11 is 0. The number of methoxy groups -OCH3 is 1. The highest BCUT2D eigenvalue weighted by Gasteiger charge is 2.22. The number of rotatable bonds is 6. The van der Waals surface area contributed by atoms with Crippen molar-refractivity contribution in [3.63, 3.8) is 0 Å². The number of nitrogens with zero attached hydrogens (tertiary/aromatic N) is 3. The van der Waals surface area contributed by atoms with E-state index in [1.165, 1.54) is 10.6 Å². The second kappa shape index (κ2) is 7.51. The van der Waals surface area contributed by atoms with Crippen molar-refractivity contribution >= 4 is 5.91 Å². The summed E-state index contributed by atoms with van der Waals surface area (Å²) < 4.78 is 6.58. The number of amides is 1. The van der Waals surface area contributed by atoms with Gasteiger partial charge in [-0.3, -0.25) is 14.6 Å². The van der Waals surface area contributed by atoms with Gasteiger partial charge in [0.05, 0.1) is 18.3 Å². The first-order valence-corrected chi connectivity index (χ1v) is 6.94. The van der Waals surface area contributed by atoms with Crippen molar-refractivity contribution in [2.75, 3.05) is 20.8 Å². The van der Waals surface area contributed by atoms with Gasteiger partial charge in [-0.1, -0.05) is 12.1 Å². The van der Waals surface area contributed by atoms with Gasteiger partial charge in [0, 0.05) is 32.6 Å². The highest BCUT2D eigenvalue weighted by Crippen LogP contribution is 2.17. The molecule has 6 nitrogen and oxygen atoms in total. The summed E-state index contributed by atoms with van der Waals surface area (Å²) in [7, 11) is 3.27. The lowest BCUT2D eigenvalue weighted by Gasteiger charge is -2.27. The van der Waals surface area contributed by atoms with Gasteiger partial charge in [-0.25, -0.2) is 0 Å². The van der Waals surface area contributed by atoms with Crippen molar-refractivity contribution in [3.05, 3.63) is 64.8 Å². The minimum atomic E-state index is -0.293. The maximum atomic E-state index is 12.4. The molecule has 6 heteroatoms. The number of aromatic nitrogens is 2. The molecule has 0 aliphatic rings. The number of pyridine rings is 2. The molecule has 0 N–H and O–H groups in total. The molecule has 2 heterocycles. The van der Waals surface area contributed by atoms with Gasteiger partial charge in [0.1, 0.15) is 6.54 Å². The molecule has 2 aromatic heterocycles. The lowest BCUT2D eigenvalue weighted by atomic mass is 10.1. The monoisotopic (exact) mass is 301 g/mol. The average Bonchev–Trinajstić information content (AvgIpc) is 2.55. The van der Waals surface area contributed by atoms with Crippen LogP contribution in [-0.2, 0) is 16.1 Å². The standard InChI is InChI=1S/C16H19N3O3/c1-18(14(12-22-2)13-7-3-5-9-17-13)16(21)11-19-10-6-4-8-15(19)20/h3-10,14H,11-12H2,1-2H3. The second-order valence-electron chi connectivity index (χ2n) is 4.90. The molecule has 0 saturated heterocycles. The summed E-state index contributed by atoms with van der Waals surface area (Å²) in [6.45, 7) is 0.326. The summed E-state index contributed by atoms with van der Waals surface area (Å²) in [4.78, 5) is 30.0. The molecule has 0 radical (unpaired) electrons. The van der Waals surface area contributed by atoms with Crippen LogP contribution in [0.2, 0.25) is 0 Å². The zero-order valence-corrected chi connectivity index (χ0v) is 12.7. The normalized spacial score (nSPS) is 11.9. The van der Waals surface area contributed by atoms with Crippen LogP contribution in [-0.4, -0.2) is 41.1 Å². The molecule has 1 amide bonds. The molecular weight excluding hydrogens is 282 g/mol. The van der Waals surface area contributed by atoms with E-state index in [-0.39, 0.29) is 24.1 Å². The van der Waals surface area contributed by atoms with Crippen molar-refractivity contribution in [2.24, 2.45) is 0 Å². The van der Waals surface area contributed by atoms with E-state index in [0.717, 1.165) is 5.69 Å². The minimum Gasteiger partial charge on any atom is -0.382 e. The second-order valence-corrected chi connectivity index (χ2v) is 4.90. The molecule has 0 aliphatic carbocycles. The lowest BCUT2D eigenvalue weighted by Crippen LogP contribution is -2.38. The SMILES string of the molecule is COCC(c1ccccn1)N(C)C(=O)Cn1ccccc1=O. The number of carbonyl (C=O) groups excluding carboxylic acids is 1. The van der Waals surface area contributed by atoms with Crippen molar-refractivity contribution in [3.8, 4) is 0 Å². The fraction of sp³-hybridized carbons (Fsp3) is 0.312. The van der Waals surface area contributed by atoms with Crippen LogP contribution in [0, 0.1) is 0 Å². The summed E-state index contributed by atoms with van der Waals surface area (Å²) in [6, 6.07) is 10.0. The largest absolute Gasteiger partial charge is 0.382 e. The van der Waals surface area contributed by atoms with E-state index in [0.29, 0.717) is 6.61 Å². The number of ether oxygens (including phenoxy) is 1. The highest BCUT2D eigenvalue weighted by atomic mass is 16.5. The zero-order chi connectivity index (χ0) is 15.9. The summed E-state index contributed by atoms with van der Waals surface area (Å²) in [5, 5.41) is 0. The van der Waals surface area contributed by atoms with Crippen molar-refractivity contribution in [1.29, 1.82) is 0 Å². The molecule has 0 fully saturated rings. The van der Waals surface area contributed by atoms with E-state index in [2.05, 4.69) is 4.98 Å². The lowest BCUT2D eigenvalue weighted by molar-refractivity contribution is -0.134. The van der Waals surface area contributed by atoms with Gasteiger partial charge in [-0.05, 0) is 18.2 Å². The Hall–Kier alpha value is -2.47. The maximum Gasteiger partial charge on any atom is 0.250 e. The summed E-state index contributed by atoms with van der Waals surface area (Å²) in [6.07, 6.45) is 3.28. The molecule has 0 bridgehead atoms. The molecule has 0 aromatic carbocycles. The Labute approximate surface area is 129 Å². The van der Waals surface area contributed by atoms with Crippen LogP contribution in [0.15, 0.2) is 53.6 Å². The molecule has 1 unspecified atom stereocenters. The first kappa shape index (κ1) is 15.9. The van der Waals surface area contributed by atoms with E-state index >= 15 is 0 Å². The fourth-order valence-electron chi connectivity index (χ4n) is 2.15. The Morgan fingerprint density at radius 2 is 2.09 bits per heavy atom.